The summed E-state index contributed by atoms with van der Waals surface area (Å²) >= 11 is 0. The zero-order chi connectivity index (χ0) is 9.56. The van der Waals surface area contributed by atoms with Crippen molar-refractivity contribution in [1.29, 1.82) is 0 Å². The van der Waals surface area contributed by atoms with Crippen molar-refractivity contribution in [2.24, 2.45) is 5.73 Å². The van der Waals surface area contributed by atoms with Crippen LogP contribution in [0.15, 0.2) is 11.8 Å². The van der Waals surface area contributed by atoms with Gasteiger partial charge in [-0.3, -0.25) is 0 Å². The van der Waals surface area contributed by atoms with Crippen molar-refractivity contribution in [3.8, 4) is 0 Å². The van der Waals surface area contributed by atoms with Crippen molar-refractivity contribution in [2.75, 3.05) is 13.7 Å². The fraction of sp³-hybridized carbons (Fsp3) is 0.429. The predicted molar refractivity (Wildman–Crippen MR) is 40.9 cm³/mol. The lowest BCUT2D eigenvalue weighted by molar-refractivity contribution is -0.140. The van der Waals surface area contributed by atoms with Crippen LogP contribution in [-0.4, -0.2) is 25.7 Å². The van der Waals surface area contributed by atoms with E-state index in [1.54, 1.807) is 6.92 Å². The smallest absolute Gasteiger partial charge is 0.354 e. The molecule has 0 aliphatic rings. The molecular formula is C7H11NO4. The molecule has 0 aromatic heterocycles. The standard InChI is InChI=1S/C7H11NO4/c1-3-12-7(10)5(8)4-6(9)11-2/h4H,3,8H2,1-2H3/b5-4+. The van der Waals surface area contributed by atoms with Crippen LogP contribution in [0.3, 0.4) is 0 Å². The average Bonchev–Trinajstić information content (AvgIpc) is 2.04. The van der Waals surface area contributed by atoms with Gasteiger partial charge in [0.1, 0.15) is 5.70 Å². The number of carbonyl (C=O) groups is 2. The summed E-state index contributed by atoms with van der Waals surface area (Å²) in [5.41, 5.74) is 4.91. The third-order valence-corrected chi connectivity index (χ3v) is 0.986. The quantitative estimate of drug-likeness (QED) is 0.462. The molecule has 0 atom stereocenters. The van der Waals surface area contributed by atoms with Gasteiger partial charge in [-0.15, -0.1) is 0 Å². The van der Waals surface area contributed by atoms with E-state index < -0.39 is 11.9 Å². The molecule has 5 heteroatoms. The van der Waals surface area contributed by atoms with E-state index in [2.05, 4.69) is 9.47 Å². The molecular weight excluding hydrogens is 162 g/mol. The van der Waals surface area contributed by atoms with Gasteiger partial charge in [-0.2, -0.15) is 0 Å². The van der Waals surface area contributed by atoms with Crippen molar-refractivity contribution in [3.63, 3.8) is 0 Å². The molecule has 0 fully saturated rings. The molecule has 0 spiro atoms. The molecule has 0 amide bonds. The fourth-order valence-electron chi connectivity index (χ4n) is 0.459. The monoisotopic (exact) mass is 173 g/mol. The maximum atomic E-state index is 10.8. The number of methoxy groups -OCH3 is 1. The first-order valence-electron chi connectivity index (χ1n) is 3.34. The van der Waals surface area contributed by atoms with E-state index in [9.17, 15) is 9.59 Å². The summed E-state index contributed by atoms with van der Waals surface area (Å²) < 4.78 is 8.76. The molecule has 0 aliphatic heterocycles. The van der Waals surface area contributed by atoms with Gasteiger partial charge in [0.05, 0.1) is 19.8 Å². The summed E-state index contributed by atoms with van der Waals surface area (Å²) in [7, 11) is 1.19. The van der Waals surface area contributed by atoms with Crippen LogP contribution in [-0.2, 0) is 19.1 Å². The van der Waals surface area contributed by atoms with E-state index in [1.165, 1.54) is 7.11 Å². The van der Waals surface area contributed by atoms with Crippen molar-refractivity contribution in [2.45, 2.75) is 6.92 Å². The molecule has 0 aromatic rings. The number of nitrogens with two attached hydrogens (primary N) is 1. The van der Waals surface area contributed by atoms with Crippen LogP contribution < -0.4 is 5.73 Å². The highest BCUT2D eigenvalue weighted by Crippen LogP contribution is 1.90. The summed E-state index contributed by atoms with van der Waals surface area (Å²) in [6.07, 6.45) is 0.873. The predicted octanol–water partition coefficient (Wildman–Crippen LogP) is -0.435. The van der Waals surface area contributed by atoms with Crippen LogP contribution >= 0.6 is 0 Å². The van der Waals surface area contributed by atoms with Gasteiger partial charge in [0.25, 0.3) is 0 Å². The Hall–Kier alpha value is -1.52. The van der Waals surface area contributed by atoms with Crippen LogP contribution in [0.1, 0.15) is 6.92 Å². The van der Waals surface area contributed by atoms with Crippen LogP contribution in [0.5, 0.6) is 0 Å². The van der Waals surface area contributed by atoms with Gasteiger partial charge in [0, 0.05) is 0 Å². The summed E-state index contributed by atoms with van der Waals surface area (Å²) in [6.45, 7) is 1.86. The molecule has 5 nitrogen and oxygen atoms in total. The van der Waals surface area contributed by atoms with Gasteiger partial charge < -0.3 is 15.2 Å². The molecule has 0 bridgehead atoms. The highest BCUT2D eigenvalue weighted by molar-refractivity contribution is 5.95. The number of esters is 2. The number of carbonyl (C=O) groups excluding carboxylic acids is 2. The number of hydrogen-bond donors (Lipinski definition) is 1. The molecule has 0 saturated heterocycles. The van der Waals surface area contributed by atoms with Gasteiger partial charge in [0.15, 0.2) is 0 Å². The maximum absolute atomic E-state index is 10.8. The van der Waals surface area contributed by atoms with Crippen LogP contribution in [0.2, 0.25) is 0 Å². The van der Waals surface area contributed by atoms with Crippen LogP contribution in [0, 0.1) is 0 Å². The van der Waals surface area contributed by atoms with Gasteiger partial charge in [-0.05, 0) is 6.92 Å². The van der Waals surface area contributed by atoms with E-state index >= 15 is 0 Å². The summed E-state index contributed by atoms with van der Waals surface area (Å²) in [5.74, 6) is -1.40. The summed E-state index contributed by atoms with van der Waals surface area (Å²) in [4.78, 5) is 21.3. The molecule has 12 heavy (non-hydrogen) atoms. The zero-order valence-corrected chi connectivity index (χ0v) is 6.99. The Morgan fingerprint density at radius 3 is 2.50 bits per heavy atom. The van der Waals surface area contributed by atoms with Crippen LogP contribution in [0.4, 0.5) is 0 Å². The first kappa shape index (κ1) is 10.5. The number of ether oxygens (including phenoxy) is 2. The Labute approximate surface area is 70.1 Å². The minimum Gasteiger partial charge on any atom is -0.466 e. The maximum Gasteiger partial charge on any atom is 0.354 e. The number of hydrogen-bond acceptors (Lipinski definition) is 5. The molecule has 0 unspecified atom stereocenters. The van der Waals surface area contributed by atoms with E-state index in [4.69, 9.17) is 5.73 Å². The Kier molecular flexibility index (Phi) is 4.52. The molecule has 68 valence electrons. The lowest BCUT2D eigenvalue weighted by Gasteiger charge is -1.99. The Morgan fingerprint density at radius 1 is 1.50 bits per heavy atom. The Morgan fingerprint density at radius 2 is 2.08 bits per heavy atom. The second kappa shape index (κ2) is 5.17. The molecule has 0 rings (SSSR count). The summed E-state index contributed by atoms with van der Waals surface area (Å²) in [5, 5.41) is 0. The molecule has 0 heterocycles. The van der Waals surface area contributed by atoms with Crippen molar-refractivity contribution < 1.29 is 19.1 Å². The SMILES string of the molecule is CCOC(=O)/C(N)=C\C(=O)OC. The second-order valence-corrected chi connectivity index (χ2v) is 1.84. The molecule has 2 N–H and O–H groups in total. The van der Waals surface area contributed by atoms with E-state index in [0.717, 1.165) is 6.08 Å². The van der Waals surface area contributed by atoms with Gasteiger partial charge in [-0.25, -0.2) is 9.59 Å². The number of rotatable bonds is 3. The first-order chi connectivity index (χ1) is 5.61. The van der Waals surface area contributed by atoms with Crippen molar-refractivity contribution in [1.82, 2.24) is 0 Å². The first-order valence-corrected chi connectivity index (χ1v) is 3.34. The third-order valence-electron chi connectivity index (χ3n) is 0.986. The van der Waals surface area contributed by atoms with E-state index in [0.29, 0.717) is 0 Å². The van der Waals surface area contributed by atoms with Crippen molar-refractivity contribution >= 4 is 11.9 Å². The molecule has 0 aliphatic carbocycles. The van der Waals surface area contributed by atoms with Crippen LogP contribution in [0.25, 0.3) is 0 Å². The Balaban J connectivity index is 4.17. The van der Waals surface area contributed by atoms with E-state index in [-0.39, 0.29) is 12.3 Å². The highest BCUT2D eigenvalue weighted by Gasteiger charge is 2.07. The van der Waals surface area contributed by atoms with Crippen molar-refractivity contribution in [3.05, 3.63) is 11.8 Å². The molecule has 0 radical (unpaired) electrons. The third kappa shape index (κ3) is 3.60. The topological polar surface area (TPSA) is 78.6 Å². The normalized spacial score (nSPS) is 10.7. The second-order valence-electron chi connectivity index (χ2n) is 1.84. The van der Waals surface area contributed by atoms with Gasteiger partial charge in [0.2, 0.25) is 0 Å². The lowest BCUT2D eigenvalue weighted by Crippen LogP contribution is -2.16. The minimum absolute atomic E-state index is 0.217. The summed E-state index contributed by atoms with van der Waals surface area (Å²) in [6, 6.07) is 0. The molecule has 0 saturated carbocycles. The largest absolute Gasteiger partial charge is 0.466 e. The highest BCUT2D eigenvalue weighted by atomic mass is 16.5. The zero-order valence-electron chi connectivity index (χ0n) is 6.99. The minimum atomic E-state index is -0.720. The lowest BCUT2D eigenvalue weighted by atomic mass is 10.4. The van der Waals surface area contributed by atoms with Gasteiger partial charge >= 0.3 is 11.9 Å². The average molecular weight is 173 g/mol. The van der Waals surface area contributed by atoms with Gasteiger partial charge in [-0.1, -0.05) is 0 Å². The Bertz CT molecular complexity index is 209. The van der Waals surface area contributed by atoms with E-state index in [1.807, 2.05) is 0 Å². The molecule has 0 aromatic carbocycles. The fourth-order valence-corrected chi connectivity index (χ4v) is 0.459.